The van der Waals surface area contributed by atoms with E-state index in [2.05, 4.69) is 27.6 Å². The summed E-state index contributed by atoms with van der Waals surface area (Å²) in [6, 6.07) is 12.3. The van der Waals surface area contributed by atoms with Gasteiger partial charge in [-0.1, -0.05) is 24.3 Å². The fourth-order valence-electron chi connectivity index (χ4n) is 4.39. The van der Waals surface area contributed by atoms with Crippen LogP contribution in [-0.2, 0) is 0 Å². The van der Waals surface area contributed by atoms with Crippen LogP contribution in [0.1, 0.15) is 36.3 Å². The molecule has 2 aromatic carbocycles. The van der Waals surface area contributed by atoms with Crippen LogP contribution in [0.4, 0.5) is 15.9 Å². The largest absolute Gasteiger partial charge is 0.369 e. The van der Waals surface area contributed by atoms with Crippen molar-refractivity contribution in [2.45, 2.75) is 32.1 Å². The van der Waals surface area contributed by atoms with Crippen LogP contribution in [0.2, 0.25) is 0 Å². The molecule has 2 fully saturated rings. The Morgan fingerprint density at radius 3 is 2.64 bits per heavy atom. The number of hydrogen-bond donors (Lipinski definition) is 2. The molecule has 5 rings (SSSR count). The number of benzene rings is 2. The van der Waals surface area contributed by atoms with Gasteiger partial charge in [0.15, 0.2) is 0 Å². The maximum Gasteiger partial charge on any atom is 0.263 e. The molecule has 1 aliphatic carbocycles. The summed E-state index contributed by atoms with van der Waals surface area (Å²) < 4.78 is 16.0. The Morgan fingerprint density at radius 2 is 2.00 bits per heavy atom. The van der Waals surface area contributed by atoms with Gasteiger partial charge in [-0.15, -0.1) is 0 Å². The van der Waals surface area contributed by atoms with E-state index in [0.29, 0.717) is 46.8 Å². The molecule has 2 N–H and O–H groups in total. The lowest BCUT2D eigenvalue weighted by atomic mass is 10.1. The monoisotopic (exact) mass is 443 g/mol. The van der Waals surface area contributed by atoms with Gasteiger partial charge in [0, 0.05) is 12.1 Å². The molecule has 1 aliphatic heterocycles. The summed E-state index contributed by atoms with van der Waals surface area (Å²) in [5.74, 6) is 1.33. The highest BCUT2D eigenvalue weighted by Gasteiger charge is 2.24. The van der Waals surface area contributed by atoms with Crippen LogP contribution in [0.25, 0.3) is 21.9 Å². The molecule has 1 saturated carbocycles. The second-order valence-corrected chi connectivity index (χ2v) is 8.93. The molecular weight excluding hydrogens is 417 g/mol. The minimum absolute atomic E-state index is 0.0550. The van der Waals surface area contributed by atoms with Crippen LogP contribution in [-0.4, -0.2) is 29.2 Å². The third-order valence-electron chi connectivity index (χ3n) is 6.56. The molecule has 7 heteroatoms. The van der Waals surface area contributed by atoms with Crippen molar-refractivity contribution in [3.63, 3.8) is 0 Å². The smallest absolute Gasteiger partial charge is 0.263 e. The van der Waals surface area contributed by atoms with Gasteiger partial charge in [-0.2, -0.15) is 0 Å². The Hall–Kier alpha value is -3.50. The van der Waals surface area contributed by atoms with E-state index in [-0.39, 0.29) is 11.2 Å². The van der Waals surface area contributed by atoms with Gasteiger partial charge in [-0.25, -0.2) is 14.2 Å². The first-order valence-electron chi connectivity index (χ1n) is 11.4. The van der Waals surface area contributed by atoms with Crippen LogP contribution in [0.5, 0.6) is 0 Å². The third-order valence-corrected chi connectivity index (χ3v) is 6.56. The van der Waals surface area contributed by atoms with E-state index in [1.54, 1.807) is 17.6 Å². The Labute approximate surface area is 192 Å². The Bertz CT molecular complexity index is 1280. The lowest BCUT2D eigenvalue weighted by molar-refractivity contribution is 0.613. The van der Waals surface area contributed by atoms with Crippen molar-refractivity contribution in [2.75, 3.05) is 25.0 Å². The molecule has 0 unspecified atom stereocenters. The molecule has 2 aliphatic rings. The normalized spacial score (nSPS) is 17.7. The highest BCUT2D eigenvalue weighted by Crippen LogP contribution is 2.40. The SMILES string of the molecule is [C-]#[N+]c1ccc(-c2nc(NC[C@H]3CCNC3)c(C)c(=O)n2-c2ccc(C3CC3)cc2)cc1F. The second kappa shape index (κ2) is 8.80. The van der Waals surface area contributed by atoms with Gasteiger partial charge in [0.2, 0.25) is 5.69 Å². The number of aromatic nitrogens is 2. The molecule has 2 heterocycles. The summed E-state index contributed by atoms with van der Waals surface area (Å²) in [6.07, 6.45) is 3.48. The second-order valence-electron chi connectivity index (χ2n) is 8.93. The average Bonchev–Trinajstić information content (AvgIpc) is 3.55. The summed E-state index contributed by atoms with van der Waals surface area (Å²) in [7, 11) is 0. The number of rotatable bonds is 6. The minimum Gasteiger partial charge on any atom is -0.369 e. The molecule has 168 valence electrons. The highest BCUT2D eigenvalue weighted by atomic mass is 19.1. The summed E-state index contributed by atoms with van der Waals surface area (Å²) in [4.78, 5) is 21.6. The van der Waals surface area contributed by atoms with Crippen molar-refractivity contribution < 1.29 is 4.39 Å². The number of anilines is 1. The van der Waals surface area contributed by atoms with E-state index >= 15 is 0 Å². The predicted molar refractivity (Wildman–Crippen MR) is 128 cm³/mol. The lowest BCUT2D eigenvalue weighted by Crippen LogP contribution is -2.27. The van der Waals surface area contributed by atoms with Crippen LogP contribution in [0, 0.1) is 25.2 Å². The van der Waals surface area contributed by atoms with Crippen LogP contribution >= 0.6 is 0 Å². The zero-order valence-electron chi connectivity index (χ0n) is 18.6. The molecular formula is C26H26FN5O. The zero-order valence-corrected chi connectivity index (χ0v) is 18.6. The maximum atomic E-state index is 14.5. The predicted octanol–water partition coefficient (Wildman–Crippen LogP) is 4.80. The molecule has 1 aromatic heterocycles. The molecule has 1 saturated heterocycles. The molecule has 0 amide bonds. The number of halogens is 1. The van der Waals surface area contributed by atoms with E-state index in [1.807, 2.05) is 12.1 Å². The minimum atomic E-state index is -0.625. The first-order valence-corrected chi connectivity index (χ1v) is 11.4. The molecule has 0 bridgehead atoms. The first-order chi connectivity index (χ1) is 16.0. The maximum absolute atomic E-state index is 14.5. The summed E-state index contributed by atoms with van der Waals surface area (Å²) in [5.41, 5.74) is 2.69. The van der Waals surface area contributed by atoms with Gasteiger partial charge in [-0.05, 0) is 74.9 Å². The number of nitrogens with zero attached hydrogens (tertiary/aromatic N) is 3. The standard InChI is InChI=1S/C26H26FN5O/c1-16-24(30-15-17-11-12-29-14-17)31-25(20-7-10-23(28-2)22(27)13-20)32(26(16)33)21-8-5-19(6-9-21)18-3-4-18/h5-10,13,17-18,29-30H,3-4,11-12,14-15H2,1H3/t17-/m0/s1. The van der Waals surface area contributed by atoms with E-state index in [1.165, 1.54) is 30.5 Å². The van der Waals surface area contributed by atoms with Gasteiger partial charge in [0.25, 0.3) is 5.56 Å². The fourth-order valence-corrected chi connectivity index (χ4v) is 4.39. The molecule has 33 heavy (non-hydrogen) atoms. The Balaban J connectivity index is 1.61. The lowest BCUT2D eigenvalue weighted by Gasteiger charge is -2.18. The first kappa shape index (κ1) is 21.4. The van der Waals surface area contributed by atoms with Gasteiger partial charge < -0.3 is 10.6 Å². The summed E-state index contributed by atoms with van der Waals surface area (Å²) >= 11 is 0. The Morgan fingerprint density at radius 1 is 1.21 bits per heavy atom. The van der Waals surface area contributed by atoms with Crippen molar-refractivity contribution in [3.8, 4) is 17.1 Å². The van der Waals surface area contributed by atoms with Gasteiger partial charge >= 0.3 is 0 Å². The van der Waals surface area contributed by atoms with Crippen molar-refractivity contribution >= 4 is 11.5 Å². The van der Waals surface area contributed by atoms with Crippen molar-refractivity contribution in [1.29, 1.82) is 0 Å². The molecule has 6 nitrogen and oxygen atoms in total. The third kappa shape index (κ3) is 4.27. The fraction of sp³-hybridized carbons (Fsp3) is 0.346. The van der Waals surface area contributed by atoms with Gasteiger partial charge in [0.05, 0.1) is 17.8 Å². The van der Waals surface area contributed by atoms with Crippen LogP contribution in [0.15, 0.2) is 47.3 Å². The zero-order chi connectivity index (χ0) is 22.9. The van der Waals surface area contributed by atoms with Gasteiger partial charge in [0.1, 0.15) is 17.5 Å². The number of nitrogens with one attached hydrogen (secondary N) is 2. The molecule has 0 radical (unpaired) electrons. The average molecular weight is 444 g/mol. The Kier molecular flexibility index (Phi) is 5.69. The molecule has 0 spiro atoms. The van der Waals surface area contributed by atoms with Crippen molar-refractivity contribution in [2.24, 2.45) is 5.92 Å². The van der Waals surface area contributed by atoms with E-state index in [4.69, 9.17) is 11.6 Å². The topological polar surface area (TPSA) is 63.3 Å². The molecule has 3 aromatic rings. The summed E-state index contributed by atoms with van der Waals surface area (Å²) in [6.45, 7) is 11.5. The van der Waals surface area contributed by atoms with E-state index in [0.717, 1.165) is 19.5 Å². The van der Waals surface area contributed by atoms with Crippen molar-refractivity contribution in [3.05, 3.63) is 81.2 Å². The quantitative estimate of drug-likeness (QED) is 0.538. The summed E-state index contributed by atoms with van der Waals surface area (Å²) in [5, 5.41) is 6.69. The van der Waals surface area contributed by atoms with Crippen molar-refractivity contribution in [1.82, 2.24) is 14.9 Å². The van der Waals surface area contributed by atoms with E-state index < -0.39 is 5.82 Å². The van der Waals surface area contributed by atoms with E-state index in [9.17, 15) is 9.18 Å². The molecule has 1 atom stereocenters. The van der Waals surface area contributed by atoms with Crippen LogP contribution in [0.3, 0.4) is 0 Å². The van der Waals surface area contributed by atoms with Gasteiger partial charge in [-0.3, -0.25) is 9.36 Å². The number of hydrogen-bond acceptors (Lipinski definition) is 4. The highest BCUT2D eigenvalue weighted by molar-refractivity contribution is 5.65. The van der Waals surface area contributed by atoms with Crippen LogP contribution < -0.4 is 16.2 Å².